The molecule has 45 heavy (non-hydrogen) atoms. The van der Waals surface area contributed by atoms with Gasteiger partial charge in [0.15, 0.2) is 0 Å². The first-order chi connectivity index (χ1) is 21.7. The second-order valence-corrected chi connectivity index (χ2v) is 11.0. The predicted octanol–water partition coefficient (Wildman–Crippen LogP) is 5.42. The number of primary amides is 1. The minimum absolute atomic E-state index is 0.0196. The van der Waals surface area contributed by atoms with Crippen LogP contribution in [0.15, 0.2) is 108 Å². The zero-order valence-electron chi connectivity index (χ0n) is 24.6. The maximum atomic E-state index is 13.5. The van der Waals surface area contributed by atoms with Gasteiger partial charge in [0, 0.05) is 27.8 Å². The van der Waals surface area contributed by atoms with Gasteiger partial charge in [0.25, 0.3) is 17.7 Å². The van der Waals surface area contributed by atoms with E-state index in [-0.39, 0.29) is 22.9 Å². The second-order valence-electron chi connectivity index (χ2n) is 9.70. The molecule has 11 heteroatoms. The van der Waals surface area contributed by atoms with Gasteiger partial charge in [0.05, 0.1) is 23.6 Å². The quantitative estimate of drug-likeness (QED) is 0.104. The van der Waals surface area contributed by atoms with Crippen LogP contribution in [0, 0.1) is 0 Å². The smallest absolute Gasteiger partial charge is 0.272 e. The third kappa shape index (κ3) is 8.74. The Kier molecular flexibility index (Phi) is 11.0. The first-order valence-electron chi connectivity index (χ1n) is 13.9. The van der Waals surface area contributed by atoms with E-state index in [9.17, 15) is 24.3 Å². The number of hydrogen-bond acceptors (Lipinski definition) is 7. The zero-order chi connectivity index (χ0) is 32.3. The Balaban J connectivity index is 1.54. The number of ether oxygens (including phenoxy) is 1. The van der Waals surface area contributed by atoms with Crippen molar-refractivity contribution in [2.24, 2.45) is 5.73 Å². The van der Waals surface area contributed by atoms with Gasteiger partial charge in [-0.25, -0.2) is 0 Å². The summed E-state index contributed by atoms with van der Waals surface area (Å²) in [5, 5.41) is 17.6. The molecule has 0 aromatic heterocycles. The summed E-state index contributed by atoms with van der Waals surface area (Å²) in [5.74, 6) is -1.77. The molecule has 0 saturated carbocycles. The van der Waals surface area contributed by atoms with Gasteiger partial charge in [-0.2, -0.15) is 0 Å². The maximum absolute atomic E-state index is 13.5. The number of para-hydroxylation sites is 1. The molecule has 1 atom stereocenters. The molecule has 4 amide bonds. The summed E-state index contributed by atoms with van der Waals surface area (Å²) in [6.07, 6.45) is 1.94. The predicted molar refractivity (Wildman–Crippen MR) is 175 cm³/mol. The van der Waals surface area contributed by atoms with Crippen molar-refractivity contribution >= 4 is 52.8 Å². The number of nitrogens with one attached hydrogen (secondary N) is 3. The second kappa shape index (κ2) is 15.3. The van der Waals surface area contributed by atoms with Crippen LogP contribution in [0.5, 0.6) is 11.5 Å². The average Bonchev–Trinajstić information content (AvgIpc) is 3.04. The van der Waals surface area contributed by atoms with Crippen LogP contribution in [0.4, 0.5) is 11.4 Å². The lowest BCUT2D eigenvalue weighted by atomic mass is 10.1. The Labute approximate surface area is 264 Å². The topological polar surface area (TPSA) is 160 Å². The molecule has 0 saturated heterocycles. The molecule has 6 N–H and O–H groups in total. The molecule has 0 aliphatic carbocycles. The van der Waals surface area contributed by atoms with Gasteiger partial charge in [0.1, 0.15) is 17.2 Å². The van der Waals surface area contributed by atoms with Gasteiger partial charge in [-0.05, 0) is 67.1 Å². The number of rotatable bonds is 12. The first kappa shape index (κ1) is 32.4. The fraction of sp³-hybridized carbons (Fsp3) is 0.118. The van der Waals surface area contributed by atoms with Gasteiger partial charge in [-0.3, -0.25) is 19.2 Å². The highest BCUT2D eigenvalue weighted by Crippen LogP contribution is 2.30. The number of carbonyl (C=O) groups is 4. The minimum atomic E-state index is -0.646. The lowest BCUT2D eigenvalue weighted by molar-refractivity contribution is -0.116. The molecule has 4 aromatic carbocycles. The third-order valence-electron chi connectivity index (χ3n) is 6.53. The Morgan fingerprint density at radius 1 is 0.911 bits per heavy atom. The number of thioether (sulfide) groups is 1. The van der Waals surface area contributed by atoms with Crippen molar-refractivity contribution in [3.63, 3.8) is 0 Å². The summed E-state index contributed by atoms with van der Waals surface area (Å²) in [5.41, 5.74) is 7.16. The number of aromatic hydroxyl groups is 1. The highest BCUT2D eigenvalue weighted by molar-refractivity contribution is 8.00. The van der Waals surface area contributed by atoms with Crippen LogP contribution in [0.2, 0.25) is 0 Å². The van der Waals surface area contributed by atoms with E-state index in [2.05, 4.69) is 16.0 Å². The number of benzene rings is 4. The molecule has 0 aliphatic rings. The van der Waals surface area contributed by atoms with Crippen molar-refractivity contribution in [2.75, 3.05) is 17.7 Å². The average molecular weight is 625 g/mol. The SMILES string of the molecule is CCC(Sc1cccc(NC(=O)/C(=C\c2ccc(O)cc2OC)NC(=O)c2ccccc2)c1)C(=O)Nc1ccccc1C(N)=O. The van der Waals surface area contributed by atoms with Crippen molar-refractivity contribution in [1.29, 1.82) is 0 Å². The molecule has 0 heterocycles. The normalized spacial score (nSPS) is 11.6. The summed E-state index contributed by atoms with van der Waals surface area (Å²) in [6.45, 7) is 1.87. The number of phenolic OH excluding ortho intramolecular Hbond substituents is 1. The lowest BCUT2D eigenvalue weighted by Gasteiger charge is -2.17. The fourth-order valence-electron chi connectivity index (χ4n) is 4.27. The number of anilines is 2. The van der Waals surface area contributed by atoms with E-state index in [0.29, 0.717) is 39.6 Å². The van der Waals surface area contributed by atoms with Crippen LogP contribution in [0.25, 0.3) is 6.08 Å². The summed E-state index contributed by atoms with van der Waals surface area (Å²) >= 11 is 1.29. The molecule has 4 rings (SSSR count). The van der Waals surface area contributed by atoms with Crippen molar-refractivity contribution < 1.29 is 29.0 Å². The van der Waals surface area contributed by atoms with Gasteiger partial charge in [0.2, 0.25) is 5.91 Å². The minimum Gasteiger partial charge on any atom is -0.508 e. The van der Waals surface area contributed by atoms with Gasteiger partial charge in [-0.15, -0.1) is 11.8 Å². The lowest BCUT2D eigenvalue weighted by Crippen LogP contribution is -2.30. The monoisotopic (exact) mass is 624 g/mol. The van der Waals surface area contributed by atoms with E-state index in [1.54, 1.807) is 78.9 Å². The number of carbonyl (C=O) groups excluding carboxylic acids is 4. The van der Waals surface area contributed by atoms with E-state index >= 15 is 0 Å². The Morgan fingerprint density at radius 3 is 2.36 bits per heavy atom. The zero-order valence-corrected chi connectivity index (χ0v) is 25.4. The molecular weight excluding hydrogens is 592 g/mol. The Hall–Kier alpha value is -5.55. The molecule has 0 spiro atoms. The molecule has 230 valence electrons. The highest BCUT2D eigenvalue weighted by Gasteiger charge is 2.21. The van der Waals surface area contributed by atoms with Crippen molar-refractivity contribution in [3.8, 4) is 11.5 Å². The summed E-state index contributed by atoms with van der Waals surface area (Å²) in [4.78, 5) is 52.1. The van der Waals surface area contributed by atoms with Crippen LogP contribution < -0.4 is 26.4 Å². The van der Waals surface area contributed by atoms with Crippen molar-refractivity contribution in [3.05, 3.63) is 119 Å². The van der Waals surface area contributed by atoms with E-state index in [1.807, 2.05) is 13.0 Å². The van der Waals surface area contributed by atoms with Crippen molar-refractivity contribution in [1.82, 2.24) is 5.32 Å². The molecule has 10 nitrogen and oxygen atoms in total. The molecule has 4 aromatic rings. The number of amides is 4. The molecule has 1 unspecified atom stereocenters. The van der Waals surface area contributed by atoms with E-state index in [1.165, 1.54) is 37.1 Å². The molecular formula is C34H32N4O6S. The summed E-state index contributed by atoms with van der Waals surface area (Å²) in [6, 6.07) is 26.3. The van der Waals surface area contributed by atoms with E-state index in [4.69, 9.17) is 10.5 Å². The number of phenols is 1. The van der Waals surface area contributed by atoms with E-state index < -0.39 is 23.0 Å². The molecule has 0 aliphatic heterocycles. The van der Waals surface area contributed by atoms with Gasteiger partial charge in [-0.1, -0.05) is 43.3 Å². The number of nitrogens with two attached hydrogens (primary N) is 1. The Morgan fingerprint density at radius 2 is 1.64 bits per heavy atom. The van der Waals surface area contributed by atoms with Crippen LogP contribution in [0.3, 0.4) is 0 Å². The molecule has 0 fully saturated rings. The molecule has 0 radical (unpaired) electrons. The van der Waals surface area contributed by atoms with Crippen LogP contribution in [0.1, 0.15) is 39.6 Å². The summed E-state index contributed by atoms with van der Waals surface area (Å²) < 4.78 is 5.35. The van der Waals surface area contributed by atoms with Crippen LogP contribution in [-0.4, -0.2) is 41.1 Å². The largest absolute Gasteiger partial charge is 0.508 e. The van der Waals surface area contributed by atoms with Crippen LogP contribution >= 0.6 is 11.8 Å². The van der Waals surface area contributed by atoms with Gasteiger partial charge >= 0.3 is 0 Å². The summed E-state index contributed by atoms with van der Waals surface area (Å²) in [7, 11) is 1.43. The van der Waals surface area contributed by atoms with E-state index in [0.717, 1.165) is 0 Å². The highest BCUT2D eigenvalue weighted by atomic mass is 32.2. The number of methoxy groups -OCH3 is 1. The van der Waals surface area contributed by atoms with Gasteiger partial charge < -0.3 is 31.5 Å². The standard InChI is InChI=1S/C34H32N4O6S/c1-3-30(34(43)37-27-15-8-7-14-26(27)31(35)40)45-25-13-9-12-23(19-25)36-33(42)28(38-32(41)21-10-5-4-6-11-21)18-22-16-17-24(39)20-29(22)44-2/h4-20,30,39H,3H2,1-2H3,(H2,35,40)(H,36,42)(H,37,43)(H,38,41)/b28-18+. The fourth-order valence-corrected chi connectivity index (χ4v) is 5.28. The molecule has 0 bridgehead atoms. The number of hydrogen-bond donors (Lipinski definition) is 5. The van der Waals surface area contributed by atoms with Crippen molar-refractivity contribution in [2.45, 2.75) is 23.5 Å². The third-order valence-corrected chi connectivity index (χ3v) is 7.89. The maximum Gasteiger partial charge on any atom is 0.272 e. The Bertz CT molecular complexity index is 1740. The first-order valence-corrected chi connectivity index (χ1v) is 14.8. The van der Waals surface area contributed by atoms with Crippen LogP contribution in [-0.2, 0) is 9.59 Å².